The van der Waals surface area contributed by atoms with E-state index in [0.717, 1.165) is 24.6 Å². The fourth-order valence-corrected chi connectivity index (χ4v) is 3.31. The lowest BCUT2D eigenvalue weighted by Gasteiger charge is -2.29. The third kappa shape index (κ3) is 2.97. The number of aryl methyl sites for hydroxylation is 1. The van der Waals surface area contributed by atoms with Gasteiger partial charge in [-0.2, -0.15) is 0 Å². The lowest BCUT2D eigenvalue weighted by atomic mass is 10.1. The summed E-state index contributed by atoms with van der Waals surface area (Å²) < 4.78 is 14.0. The van der Waals surface area contributed by atoms with Crippen molar-refractivity contribution in [2.75, 3.05) is 20.2 Å². The molecular weight excluding hydrogens is 300 g/mol. The average molecular weight is 322 g/mol. The van der Waals surface area contributed by atoms with Crippen LogP contribution >= 0.6 is 0 Å². The quantitative estimate of drug-likeness (QED) is 0.736. The van der Waals surface area contributed by atoms with Crippen molar-refractivity contribution in [1.29, 1.82) is 0 Å². The standard InChI is InChI=1S/C20H22N2O2/c1-21(12-15-7-8-18-16(11-15)9-10-22(18)2)13-17-14-23-19-5-3-4-6-20(19)24-17/h3-11,17H,12-14H2,1-2H3. The summed E-state index contributed by atoms with van der Waals surface area (Å²) in [5, 5.41) is 1.29. The number of nitrogens with zero attached hydrogens (tertiary/aromatic N) is 2. The van der Waals surface area contributed by atoms with Crippen molar-refractivity contribution in [3.05, 3.63) is 60.3 Å². The Bertz CT molecular complexity index is 856. The number of hydrogen-bond acceptors (Lipinski definition) is 3. The van der Waals surface area contributed by atoms with Crippen molar-refractivity contribution in [2.24, 2.45) is 7.05 Å². The van der Waals surface area contributed by atoms with Gasteiger partial charge in [-0.1, -0.05) is 18.2 Å². The summed E-state index contributed by atoms with van der Waals surface area (Å²) >= 11 is 0. The van der Waals surface area contributed by atoms with Gasteiger partial charge in [0.15, 0.2) is 11.5 Å². The van der Waals surface area contributed by atoms with Gasteiger partial charge in [-0.15, -0.1) is 0 Å². The van der Waals surface area contributed by atoms with E-state index in [0.29, 0.717) is 6.61 Å². The van der Waals surface area contributed by atoms with E-state index >= 15 is 0 Å². The molecule has 124 valence electrons. The van der Waals surface area contributed by atoms with Crippen LogP contribution in [0.1, 0.15) is 5.56 Å². The van der Waals surface area contributed by atoms with Crippen molar-refractivity contribution < 1.29 is 9.47 Å². The number of aromatic nitrogens is 1. The Kier molecular flexibility index (Phi) is 3.90. The largest absolute Gasteiger partial charge is 0.486 e. The molecule has 4 nitrogen and oxygen atoms in total. The molecule has 0 saturated carbocycles. The highest BCUT2D eigenvalue weighted by Crippen LogP contribution is 2.31. The fraction of sp³-hybridized carbons (Fsp3) is 0.300. The molecule has 0 amide bonds. The monoisotopic (exact) mass is 322 g/mol. The molecule has 1 aliphatic rings. The van der Waals surface area contributed by atoms with Gasteiger partial charge in [0, 0.05) is 31.9 Å². The van der Waals surface area contributed by atoms with Gasteiger partial charge >= 0.3 is 0 Å². The summed E-state index contributed by atoms with van der Waals surface area (Å²) in [5.41, 5.74) is 2.58. The molecule has 0 aliphatic carbocycles. The maximum Gasteiger partial charge on any atom is 0.161 e. The van der Waals surface area contributed by atoms with Crippen molar-refractivity contribution >= 4 is 10.9 Å². The third-order valence-electron chi connectivity index (χ3n) is 4.48. The van der Waals surface area contributed by atoms with Crippen LogP contribution < -0.4 is 9.47 Å². The van der Waals surface area contributed by atoms with Crippen LogP contribution in [0.25, 0.3) is 10.9 Å². The first-order valence-corrected chi connectivity index (χ1v) is 8.30. The van der Waals surface area contributed by atoms with Crippen LogP contribution in [0.15, 0.2) is 54.7 Å². The van der Waals surface area contributed by atoms with E-state index in [1.54, 1.807) is 0 Å². The Balaban J connectivity index is 1.40. The predicted octanol–water partition coefficient (Wildman–Crippen LogP) is 3.45. The Labute approximate surface area is 142 Å². The zero-order valence-corrected chi connectivity index (χ0v) is 14.1. The summed E-state index contributed by atoms with van der Waals surface area (Å²) in [4.78, 5) is 2.28. The third-order valence-corrected chi connectivity index (χ3v) is 4.48. The molecule has 1 unspecified atom stereocenters. The molecule has 0 fully saturated rings. The number of hydrogen-bond donors (Lipinski definition) is 0. The molecule has 1 aromatic heterocycles. The van der Waals surface area contributed by atoms with Crippen molar-refractivity contribution in [2.45, 2.75) is 12.6 Å². The van der Waals surface area contributed by atoms with Gasteiger partial charge in [-0.05, 0) is 48.3 Å². The first-order valence-electron chi connectivity index (χ1n) is 8.30. The number of benzene rings is 2. The van der Waals surface area contributed by atoms with Gasteiger partial charge in [0.1, 0.15) is 12.7 Å². The summed E-state index contributed by atoms with van der Waals surface area (Å²) in [5.74, 6) is 1.68. The van der Waals surface area contributed by atoms with Gasteiger partial charge in [0.25, 0.3) is 0 Å². The van der Waals surface area contributed by atoms with Crippen LogP contribution in [-0.2, 0) is 13.6 Å². The highest BCUT2D eigenvalue weighted by molar-refractivity contribution is 5.80. The van der Waals surface area contributed by atoms with Crippen molar-refractivity contribution in [3.8, 4) is 11.5 Å². The smallest absolute Gasteiger partial charge is 0.161 e. The molecule has 4 rings (SSSR count). The van der Waals surface area contributed by atoms with Crippen LogP contribution in [0.2, 0.25) is 0 Å². The summed E-state index contributed by atoms with van der Waals surface area (Å²) in [6.45, 7) is 2.33. The Morgan fingerprint density at radius 2 is 1.96 bits per heavy atom. The molecule has 1 aliphatic heterocycles. The normalized spacial score (nSPS) is 16.7. The summed E-state index contributed by atoms with van der Waals surface area (Å²) in [6.07, 6.45) is 2.16. The van der Waals surface area contributed by atoms with Gasteiger partial charge in [-0.3, -0.25) is 4.90 Å². The topological polar surface area (TPSA) is 26.6 Å². The Morgan fingerprint density at radius 3 is 2.83 bits per heavy atom. The van der Waals surface area contributed by atoms with E-state index in [1.807, 2.05) is 24.3 Å². The van der Waals surface area contributed by atoms with E-state index in [4.69, 9.17) is 9.47 Å². The van der Waals surface area contributed by atoms with Gasteiger partial charge in [-0.25, -0.2) is 0 Å². The summed E-state index contributed by atoms with van der Waals surface area (Å²) in [7, 11) is 4.20. The van der Waals surface area contributed by atoms with Gasteiger partial charge in [0.05, 0.1) is 0 Å². The molecule has 0 radical (unpaired) electrons. The SMILES string of the molecule is CN(Cc1ccc2c(ccn2C)c1)CC1COc2ccccc2O1. The molecule has 0 saturated heterocycles. The number of fused-ring (bicyclic) bond motifs is 2. The lowest BCUT2D eigenvalue weighted by Crippen LogP contribution is -2.39. The van der Waals surface area contributed by atoms with E-state index in [9.17, 15) is 0 Å². The number of ether oxygens (including phenoxy) is 2. The molecule has 0 N–H and O–H groups in total. The molecule has 24 heavy (non-hydrogen) atoms. The minimum Gasteiger partial charge on any atom is -0.486 e. The molecule has 2 heterocycles. The maximum atomic E-state index is 6.04. The lowest BCUT2D eigenvalue weighted by molar-refractivity contribution is 0.0638. The van der Waals surface area contributed by atoms with E-state index < -0.39 is 0 Å². The number of likely N-dealkylation sites (N-methyl/N-ethyl adjacent to an activating group) is 1. The molecule has 0 spiro atoms. The van der Waals surface area contributed by atoms with Crippen LogP contribution in [0.5, 0.6) is 11.5 Å². The van der Waals surface area contributed by atoms with Gasteiger partial charge in [0.2, 0.25) is 0 Å². The van der Waals surface area contributed by atoms with E-state index in [-0.39, 0.29) is 6.10 Å². The molecule has 4 heteroatoms. The van der Waals surface area contributed by atoms with Crippen molar-refractivity contribution in [1.82, 2.24) is 9.47 Å². The van der Waals surface area contributed by atoms with Crippen molar-refractivity contribution in [3.63, 3.8) is 0 Å². The second-order valence-corrected chi connectivity index (χ2v) is 6.51. The predicted molar refractivity (Wildman–Crippen MR) is 95.6 cm³/mol. The molecule has 3 aromatic rings. The first kappa shape index (κ1) is 15.1. The van der Waals surface area contributed by atoms with Crippen LogP contribution in [-0.4, -0.2) is 35.8 Å². The Morgan fingerprint density at radius 1 is 1.12 bits per heavy atom. The fourth-order valence-electron chi connectivity index (χ4n) is 3.31. The number of rotatable bonds is 4. The van der Waals surface area contributed by atoms with Crippen LogP contribution in [0, 0.1) is 0 Å². The highest BCUT2D eigenvalue weighted by Gasteiger charge is 2.21. The minimum atomic E-state index is 0.0605. The van der Waals surface area contributed by atoms with Crippen LogP contribution in [0.3, 0.4) is 0 Å². The molecule has 1 atom stereocenters. The first-order chi connectivity index (χ1) is 11.7. The second-order valence-electron chi connectivity index (χ2n) is 6.51. The molecular formula is C20H22N2O2. The zero-order valence-electron chi connectivity index (χ0n) is 14.1. The second kappa shape index (κ2) is 6.21. The maximum absolute atomic E-state index is 6.04. The van der Waals surface area contributed by atoms with E-state index in [1.165, 1.54) is 16.5 Å². The van der Waals surface area contributed by atoms with Crippen LogP contribution in [0.4, 0.5) is 0 Å². The highest BCUT2D eigenvalue weighted by atomic mass is 16.6. The Hall–Kier alpha value is -2.46. The molecule has 0 bridgehead atoms. The molecule has 2 aromatic carbocycles. The number of para-hydroxylation sites is 2. The average Bonchev–Trinajstić information content (AvgIpc) is 2.95. The minimum absolute atomic E-state index is 0.0605. The summed E-state index contributed by atoms with van der Waals surface area (Å²) in [6, 6.07) is 16.7. The van der Waals surface area contributed by atoms with Gasteiger partial charge < -0.3 is 14.0 Å². The zero-order chi connectivity index (χ0) is 16.5. The van der Waals surface area contributed by atoms with E-state index in [2.05, 4.69) is 54.0 Å².